The van der Waals surface area contributed by atoms with Crippen LogP contribution in [0.5, 0.6) is 0 Å². The summed E-state index contributed by atoms with van der Waals surface area (Å²) >= 11 is 0. The number of nitrogens with one attached hydrogen (secondary N) is 1. The highest BCUT2D eigenvalue weighted by Crippen LogP contribution is 2.23. The normalized spacial score (nSPS) is 16.8. The third kappa shape index (κ3) is 7.87. The molecule has 0 spiro atoms. The van der Waals surface area contributed by atoms with E-state index in [0.717, 1.165) is 6.42 Å². The van der Waals surface area contributed by atoms with Gasteiger partial charge in [0.2, 0.25) is 11.8 Å². The van der Waals surface area contributed by atoms with Gasteiger partial charge in [0.05, 0.1) is 24.6 Å². The Kier molecular flexibility index (Phi) is 12.2. The SMILES string of the molecule is CC[C@H](C)[C@H]([C@@H](CC(=O)O)OC)N(C)C(=O)[C@H](NC(=O)[C@@H](C(C)C)N(C)C)C(C)C. The Labute approximate surface area is 182 Å². The van der Waals surface area contributed by atoms with Gasteiger partial charge >= 0.3 is 5.97 Å². The third-order valence-corrected chi connectivity index (χ3v) is 5.77. The number of aliphatic carboxylic acids is 1. The van der Waals surface area contributed by atoms with Crippen molar-refractivity contribution in [2.75, 3.05) is 28.3 Å². The van der Waals surface area contributed by atoms with E-state index in [1.807, 2.05) is 60.5 Å². The van der Waals surface area contributed by atoms with Crippen LogP contribution in [0.15, 0.2) is 0 Å². The fraction of sp³-hybridized carbons (Fsp3) is 0.864. The lowest BCUT2D eigenvalue weighted by atomic mass is 9.90. The maximum Gasteiger partial charge on any atom is 0.306 e. The number of hydrogen-bond donors (Lipinski definition) is 2. The Hall–Kier alpha value is -1.67. The maximum atomic E-state index is 13.4. The Morgan fingerprint density at radius 3 is 1.87 bits per heavy atom. The van der Waals surface area contributed by atoms with E-state index in [9.17, 15) is 19.5 Å². The Morgan fingerprint density at radius 1 is 1.00 bits per heavy atom. The predicted octanol–water partition coefficient (Wildman–Crippen LogP) is 2.08. The summed E-state index contributed by atoms with van der Waals surface area (Å²) in [5, 5.41) is 12.2. The molecule has 5 atom stereocenters. The van der Waals surface area contributed by atoms with Crippen LogP contribution in [0.3, 0.4) is 0 Å². The summed E-state index contributed by atoms with van der Waals surface area (Å²) in [5.74, 6) is -1.42. The highest BCUT2D eigenvalue weighted by molar-refractivity contribution is 5.90. The van der Waals surface area contributed by atoms with E-state index in [1.54, 1.807) is 11.9 Å². The maximum absolute atomic E-state index is 13.4. The number of ether oxygens (including phenoxy) is 1. The Balaban J connectivity index is 5.80. The Bertz CT molecular complexity index is 557. The molecular weight excluding hydrogens is 386 g/mol. The fourth-order valence-corrected chi connectivity index (χ4v) is 4.01. The molecule has 30 heavy (non-hydrogen) atoms. The first-order valence-electron chi connectivity index (χ1n) is 10.8. The lowest BCUT2D eigenvalue weighted by Gasteiger charge is -2.40. The second-order valence-electron chi connectivity index (χ2n) is 9.08. The first kappa shape index (κ1) is 28.3. The average molecular weight is 430 g/mol. The van der Waals surface area contributed by atoms with Gasteiger partial charge in [-0.05, 0) is 31.8 Å². The van der Waals surface area contributed by atoms with Gasteiger partial charge in [0, 0.05) is 14.2 Å². The number of amides is 2. The molecule has 0 saturated heterocycles. The van der Waals surface area contributed by atoms with E-state index in [-0.39, 0.29) is 42.0 Å². The van der Waals surface area contributed by atoms with Crippen molar-refractivity contribution in [3.05, 3.63) is 0 Å². The van der Waals surface area contributed by atoms with Crippen molar-refractivity contribution in [2.45, 2.75) is 78.6 Å². The van der Waals surface area contributed by atoms with E-state index >= 15 is 0 Å². The van der Waals surface area contributed by atoms with Crippen molar-refractivity contribution in [3.8, 4) is 0 Å². The van der Waals surface area contributed by atoms with Crippen molar-refractivity contribution in [1.82, 2.24) is 15.1 Å². The number of carbonyl (C=O) groups is 3. The number of likely N-dealkylation sites (N-methyl/N-ethyl adjacent to an activating group) is 2. The van der Waals surface area contributed by atoms with E-state index in [0.29, 0.717) is 0 Å². The molecule has 8 heteroatoms. The largest absolute Gasteiger partial charge is 0.481 e. The van der Waals surface area contributed by atoms with E-state index in [1.165, 1.54) is 7.11 Å². The first-order valence-corrected chi connectivity index (χ1v) is 10.8. The molecule has 0 unspecified atom stereocenters. The smallest absolute Gasteiger partial charge is 0.306 e. The molecule has 2 N–H and O–H groups in total. The van der Waals surface area contributed by atoms with Crippen molar-refractivity contribution in [1.29, 1.82) is 0 Å². The van der Waals surface area contributed by atoms with Gasteiger partial charge in [-0.25, -0.2) is 0 Å². The lowest BCUT2D eigenvalue weighted by molar-refractivity contribution is -0.148. The number of hydrogen-bond acceptors (Lipinski definition) is 5. The number of nitrogens with zero attached hydrogens (tertiary/aromatic N) is 2. The summed E-state index contributed by atoms with van der Waals surface area (Å²) < 4.78 is 5.47. The summed E-state index contributed by atoms with van der Waals surface area (Å²) in [4.78, 5) is 41.1. The van der Waals surface area contributed by atoms with Crippen molar-refractivity contribution in [3.63, 3.8) is 0 Å². The summed E-state index contributed by atoms with van der Waals surface area (Å²) in [7, 11) is 6.82. The third-order valence-electron chi connectivity index (χ3n) is 5.77. The minimum atomic E-state index is -0.976. The molecule has 0 saturated carbocycles. The molecule has 0 bridgehead atoms. The van der Waals surface area contributed by atoms with Crippen LogP contribution in [0.4, 0.5) is 0 Å². The fourth-order valence-electron chi connectivity index (χ4n) is 4.01. The molecule has 8 nitrogen and oxygen atoms in total. The topological polar surface area (TPSA) is 99.2 Å². The van der Waals surface area contributed by atoms with Crippen LogP contribution >= 0.6 is 0 Å². The second-order valence-corrected chi connectivity index (χ2v) is 9.08. The number of rotatable bonds is 13. The highest BCUT2D eigenvalue weighted by atomic mass is 16.5. The highest BCUT2D eigenvalue weighted by Gasteiger charge is 2.38. The van der Waals surface area contributed by atoms with Crippen molar-refractivity contribution in [2.24, 2.45) is 17.8 Å². The van der Waals surface area contributed by atoms with Gasteiger partial charge in [0.15, 0.2) is 0 Å². The molecule has 0 aromatic carbocycles. The van der Waals surface area contributed by atoms with E-state index < -0.39 is 24.2 Å². The molecule has 0 aliphatic heterocycles. The first-order chi connectivity index (χ1) is 13.8. The van der Waals surface area contributed by atoms with Crippen LogP contribution in [0, 0.1) is 17.8 Å². The summed E-state index contributed by atoms with van der Waals surface area (Å²) in [6.45, 7) is 11.7. The van der Waals surface area contributed by atoms with E-state index in [2.05, 4.69) is 5.32 Å². The summed E-state index contributed by atoms with van der Waals surface area (Å²) in [6, 6.07) is -1.48. The Morgan fingerprint density at radius 2 is 1.53 bits per heavy atom. The van der Waals surface area contributed by atoms with Gasteiger partial charge in [-0.1, -0.05) is 48.0 Å². The van der Waals surface area contributed by atoms with Gasteiger partial charge < -0.3 is 20.1 Å². The van der Waals surface area contributed by atoms with Gasteiger partial charge in [-0.15, -0.1) is 0 Å². The number of carboxylic acid groups (broad SMARTS) is 1. The zero-order valence-electron chi connectivity index (χ0n) is 20.4. The molecule has 0 aliphatic rings. The van der Waals surface area contributed by atoms with Crippen LogP contribution in [0.2, 0.25) is 0 Å². The van der Waals surface area contributed by atoms with E-state index in [4.69, 9.17) is 4.74 Å². The van der Waals surface area contributed by atoms with Gasteiger partial charge in [-0.3, -0.25) is 19.3 Å². The average Bonchev–Trinajstić information content (AvgIpc) is 2.63. The standard InChI is InChI=1S/C22H43N3O5/c1-11-15(6)20(16(30-10)12-17(26)27)25(9)22(29)18(13(2)3)23-21(28)19(14(4)5)24(7)8/h13-16,18-20H,11-12H2,1-10H3,(H,23,28)(H,26,27)/t15-,16+,18+,19+,20+/m0/s1. The molecule has 0 fully saturated rings. The summed E-state index contributed by atoms with van der Waals surface area (Å²) in [6.07, 6.45) is -0.0749. The van der Waals surface area contributed by atoms with Crippen LogP contribution < -0.4 is 5.32 Å². The molecule has 2 amide bonds. The van der Waals surface area contributed by atoms with Crippen LogP contribution in [0.25, 0.3) is 0 Å². The zero-order chi connectivity index (χ0) is 23.8. The van der Waals surface area contributed by atoms with Crippen molar-refractivity contribution >= 4 is 17.8 Å². The molecule has 176 valence electrons. The molecule has 0 heterocycles. The molecule has 0 aromatic heterocycles. The van der Waals surface area contributed by atoms with Gasteiger partial charge in [0.25, 0.3) is 0 Å². The number of methoxy groups -OCH3 is 1. The number of carboxylic acids is 1. The van der Waals surface area contributed by atoms with Gasteiger partial charge in [0.1, 0.15) is 6.04 Å². The van der Waals surface area contributed by atoms with Crippen molar-refractivity contribution < 1.29 is 24.2 Å². The molecule has 0 radical (unpaired) electrons. The van der Waals surface area contributed by atoms with Gasteiger partial charge in [-0.2, -0.15) is 0 Å². The molecule has 0 rings (SSSR count). The monoisotopic (exact) mass is 429 g/mol. The molecular formula is C22H43N3O5. The predicted molar refractivity (Wildman–Crippen MR) is 118 cm³/mol. The summed E-state index contributed by atoms with van der Waals surface area (Å²) in [5.41, 5.74) is 0. The van der Waals surface area contributed by atoms with Crippen LogP contribution in [-0.2, 0) is 19.1 Å². The van der Waals surface area contributed by atoms with Crippen LogP contribution in [-0.4, -0.2) is 85.2 Å². The number of carbonyl (C=O) groups excluding carboxylic acids is 2. The quantitative estimate of drug-likeness (QED) is 0.465. The zero-order valence-corrected chi connectivity index (χ0v) is 20.4. The minimum Gasteiger partial charge on any atom is -0.481 e. The second kappa shape index (κ2) is 12.9. The minimum absolute atomic E-state index is 0.0250. The van der Waals surface area contributed by atoms with Crippen LogP contribution in [0.1, 0.15) is 54.4 Å². The molecule has 0 aromatic rings. The molecule has 0 aliphatic carbocycles. The lowest BCUT2D eigenvalue weighted by Crippen LogP contribution is -2.59.